The topological polar surface area (TPSA) is 111 Å². The number of carbonyl (C=O) groups excluding carboxylic acids is 2. The van der Waals surface area contributed by atoms with Crippen LogP contribution in [0.15, 0.2) is 18.2 Å². The van der Waals surface area contributed by atoms with Crippen molar-refractivity contribution in [2.45, 2.75) is 44.6 Å². The Kier molecular flexibility index (Phi) is 7.40. The lowest BCUT2D eigenvalue weighted by molar-refractivity contribution is -0.384. The van der Waals surface area contributed by atoms with Crippen LogP contribution < -0.4 is 10.2 Å². The Balaban J connectivity index is 1.58. The Morgan fingerprint density at radius 1 is 1.21 bits per heavy atom. The van der Waals surface area contributed by atoms with Crippen LogP contribution in [-0.2, 0) is 14.3 Å². The molecule has 9 nitrogen and oxygen atoms in total. The summed E-state index contributed by atoms with van der Waals surface area (Å²) in [6, 6.07) is 4.34. The van der Waals surface area contributed by atoms with Gasteiger partial charge in [-0.1, -0.05) is 12.8 Å². The minimum absolute atomic E-state index is 0.00355. The molecule has 158 valence electrons. The van der Waals surface area contributed by atoms with Crippen molar-refractivity contribution in [3.8, 4) is 0 Å². The van der Waals surface area contributed by atoms with Crippen molar-refractivity contribution in [3.63, 3.8) is 0 Å². The van der Waals surface area contributed by atoms with Crippen LogP contribution in [-0.4, -0.2) is 55.8 Å². The number of hydrogen-bond donors (Lipinski definition) is 1. The molecule has 1 atom stereocenters. The van der Waals surface area contributed by atoms with Crippen LogP contribution >= 0.6 is 0 Å². The molecule has 2 fully saturated rings. The maximum atomic E-state index is 12.3. The highest BCUT2D eigenvalue weighted by molar-refractivity contribution is 5.93. The smallest absolute Gasteiger partial charge is 0.338 e. The van der Waals surface area contributed by atoms with E-state index in [9.17, 15) is 19.7 Å². The van der Waals surface area contributed by atoms with E-state index in [1.165, 1.54) is 12.1 Å². The van der Waals surface area contributed by atoms with E-state index < -0.39 is 23.4 Å². The van der Waals surface area contributed by atoms with Gasteiger partial charge < -0.3 is 19.7 Å². The van der Waals surface area contributed by atoms with E-state index >= 15 is 0 Å². The zero-order valence-electron chi connectivity index (χ0n) is 16.4. The van der Waals surface area contributed by atoms with Crippen LogP contribution in [0.5, 0.6) is 0 Å². The van der Waals surface area contributed by atoms with Gasteiger partial charge in [0, 0.05) is 32.3 Å². The second-order valence-electron chi connectivity index (χ2n) is 7.38. The molecule has 0 spiro atoms. The third-order valence-electron chi connectivity index (χ3n) is 5.24. The molecule has 1 aromatic rings. The van der Waals surface area contributed by atoms with Crippen LogP contribution in [0.2, 0.25) is 0 Å². The van der Waals surface area contributed by atoms with E-state index in [0.29, 0.717) is 18.8 Å². The summed E-state index contributed by atoms with van der Waals surface area (Å²) in [4.78, 5) is 37.2. The molecular formula is C20H27N3O6. The van der Waals surface area contributed by atoms with Gasteiger partial charge in [0.1, 0.15) is 5.69 Å². The van der Waals surface area contributed by atoms with E-state index in [2.05, 4.69) is 5.32 Å². The number of amides is 1. The van der Waals surface area contributed by atoms with Gasteiger partial charge in [-0.15, -0.1) is 0 Å². The van der Waals surface area contributed by atoms with Crippen molar-refractivity contribution in [2.75, 3.05) is 37.7 Å². The lowest BCUT2D eigenvalue weighted by atomic mass is 10.1. The Labute approximate surface area is 169 Å². The molecule has 0 aliphatic carbocycles. The predicted molar refractivity (Wildman–Crippen MR) is 106 cm³/mol. The molecule has 1 amide bonds. The molecule has 2 saturated heterocycles. The monoisotopic (exact) mass is 405 g/mol. The highest BCUT2D eigenvalue weighted by atomic mass is 16.6. The van der Waals surface area contributed by atoms with Gasteiger partial charge >= 0.3 is 5.97 Å². The molecule has 0 radical (unpaired) electrons. The van der Waals surface area contributed by atoms with Crippen molar-refractivity contribution < 1.29 is 24.0 Å². The number of anilines is 1. The van der Waals surface area contributed by atoms with Crippen LogP contribution in [0, 0.1) is 10.1 Å². The molecule has 3 rings (SSSR count). The lowest BCUT2D eigenvalue weighted by Gasteiger charge is -2.22. The van der Waals surface area contributed by atoms with E-state index in [4.69, 9.17) is 9.47 Å². The zero-order chi connectivity index (χ0) is 20.6. The molecule has 1 aromatic carbocycles. The largest absolute Gasteiger partial charge is 0.452 e. The number of rotatable bonds is 7. The fraction of sp³-hybridized carbons (Fsp3) is 0.600. The first-order chi connectivity index (χ1) is 14.0. The number of nitro groups is 1. The summed E-state index contributed by atoms with van der Waals surface area (Å²) in [5.41, 5.74) is 0.453. The van der Waals surface area contributed by atoms with E-state index in [1.54, 1.807) is 6.07 Å². The normalized spacial score (nSPS) is 19.4. The molecule has 1 N–H and O–H groups in total. The van der Waals surface area contributed by atoms with Gasteiger partial charge in [0.15, 0.2) is 6.61 Å². The molecule has 0 aromatic heterocycles. The molecule has 2 aliphatic heterocycles. The fourth-order valence-electron chi connectivity index (χ4n) is 3.67. The fourth-order valence-corrected chi connectivity index (χ4v) is 3.67. The minimum Gasteiger partial charge on any atom is -0.452 e. The number of ether oxygens (including phenoxy) is 2. The van der Waals surface area contributed by atoms with Crippen LogP contribution in [0.3, 0.4) is 0 Å². The maximum Gasteiger partial charge on any atom is 0.338 e. The van der Waals surface area contributed by atoms with Crippen LogP contribution in [0.1, 0.15) is 48.9 Å². The van der Waals surface area contributed by atoms with Gasteiger partial charge in [-0.3, -0.25) is 14.9 Å². The third-order valence-corrected chi connectivity index (χ3v) is 5.24. The Bertz CT molecular complexity index is 740. The standard InChI is InChI=1S/C20H27N3O6/c24-19(21-13-16-6-5-11-28-16)14-29-20(25)15-7-8-17(18(12-15)23(26)27)22-9-3-1-2-4-10-22/h7-8,12,16H,1-6,9-11,13-14H2,(H,21,24)/t16-/m1/s1. The molecule has 2 heterocycles. The number of nitro benzene ring substituents is 1. The van der Waals surface area contributed by atoms with Crippen molar-refractivity contribution in [1.82, 2.24) is 5.32 Å². The number of benzene rings is 1. The third kappa shape index (κ3) is 5.90. The van der Waals surface area contributed by atoms with Crippen LogP contribution in [0.4, 0.5) is 11.4 Å². The lowest BCUT2D eigenvalue weighted by Crippen LogP contribution is -2.34. The Morgan fingerprint density at radius 2 is 1.97 bits per heavy atom. The van der Waals surface area contributed by atoms with Crippen LogP contribution in [0.25, 0.3) is 0 Å². The number of nitrogens with one attached hydrogen (secondary N) is 1. The van der Waals surface area contributed by atoms with Gasteiger partial charge in [-0.2, -0.15) is 0 Å². The summed E-state index contributed by atoms with van der Waals surface area (Å²) in [6.07, 6.45) is 6.08. The summed E-state index contributed by atoms with van der Waals surface area (Å²) in [6.45, 7) is 2.16. The minimum atomic E-state index is -0.761. The molecule has 0 unspecified atom stereocenters. The van der Waals surface area contributed by atoms with Gasteiger partial charge in [0.25, 0.3) is 11.6 Å². The Morgan fingerprint density at radius 3 is 2.62 bits per heavy atom. The molecule has 0 saturated carbocycles. The highest BCUT2D eigenvalue weighted by Gasteiger charge is 2.23. The first-order valence-electron chi connectivity index (χ1n) is 10.1. The molecule has 29 heavy (non-hydrogen) atoms. The molecule has 2 aliphatic rings. The second kappa shape index (κ2) is 10.2. The molecular weight excluding hydrogens is 378 g/mol. The quantitative estimate of drug-likeness (QED) is 0.421. The average molecular weight is 405 g/mol. The van der Waals surface area contributed by atoms with Crippen molar-refractivity contribution in [2.24, 2.45) is 0 Å². The van der Waals surface area contributed by atoms with Crippen molar-refractivity contribution in [3.05, 3.63) is 33.9 Å². The number of hydrogen-bond acceptors (Lipinski definition) is 7. The molecule has 0 bridgehead atoms. The SMILES string of the molecule is O=C(COC(=O)c1ccc(N2CCCCCC2)c([N+](=O)[O-])c1)NC[C@H]1CCCO1. The average Bonchev–Trinajstić information content (AvgIpc) is 3.10. The Hall–Kier alpha value is -2.68. The number of carbonyl (C=O) groups is 2. The van der Waals surface area contributed by atoms with Crippen molar-refractivity contribution in [1.29, 1.82) is 0 Å². The maximum absolute atomic E-state index is 12.3. The van der Waals surface area contributed by atoms with E-state index in [-0.39, 0.29) is 17.4 Å². The van der Waals surface area contributed by atoms with Gasteiger partial charge in [0.05, 0.1) is 16.6 Å². The van der Waals surface area contributed by atoms with Gasteiger partial charge in [0.2, 0.25) is 0 Å². The molecule has 9 heteroatoms. The summed E-state index contributed by atoms with van der Waals surface area (Å²) in [7, 11) is 0. The number of esters is 1. The summed E-state index contributed by atoms with van der Waals surface area (Å²) in [5.74, 6) is -1.19. The number of nitrogens with zero attached hydrogens (tertiary/aromatic N) is 2. The highest BCUT2D eigenvalue weighted by Crippen LogP contribution is 2.31. The predicted octanol–water partition coefficient (Wildman–Crippen LogP) is 2.43. The van der Waals surface area contributed by atoms with Gasteiger partial charge in [-0.05, 0) is 37.8 Å². The summed E-state index contributed by atoms with van der Waals surface area (Å²) in [5, 5.41) is 14.2. The van der Waals surface area contributed by atoms with E-state index in [1.807, 2.05) is 4.90 Å². The first-order valence-corrected chi connectivity index (χ1v) is 10.1. The zero-order valence-corrected chi connectivity index (χ0v) is 16.4. The van der Waals surface area contributed by atoms with E-state index in [0.717, 1.165) is 51.6 Å². The van der Waals surface area contributed by atoms with Gasteiger partial charge in [-0.25, -0.2) is 4.79 Å². The summed E-state index contributed by atoms with van der Waals surface area (Å²) >= 11 is 0. The summed E-state index contributed by atoms with van der Waals surface area (Å²) < 4.78 is 10.4. The second-order valence-corrected chi connectivity index (χ2v) is 7.38. The first kappa shape index (κ1) is 21.0. The van der Waals surface area contributed by atoms with Crippen molar-refractivity contribution >= 4 is 23.3 Å².